The number of ether oxygens (including phenoxy) is 1. The van der Waals surface area contributed by atoms with Crippen LogP contribution >= 0.6 is 11.6 Å². The molecule has 2 saturated carbocycles. The number of benzene rings is 1. The number of para-hydroxylation sites is 1. The standard InChI is InChI=1S/C19H27ClN2O2/c1-11(2)24-18-15(20)7-4-8-16(18)22-19(23)14-9-12-5-3-6-13(10-14)17(12)21/h4,7-8,11-14,17H,3,5-6,9-10,21H2,1-2H3,(H,22,23). The van der Waals surface area contributed by atoms with E-state index in [0.29, 0.717) is 28.3 Å². The summed E-state index contributed by atoms with van der Waals surface area (Å²) in [6.07, 6.45) is 5.33. The molecular weight excluding hydrogens is 324 g/mol. The minimum absolute atomic E-state index is 0.00686. The maximum absolute atomic E-state index is 12.8. The third-order valence-corrected chi connectivity index (χ3v) is 5.66. The number of fused-ring (bicyclic) bond motifs is 2. The summed E-state index contributed by atoms with van der Waals surface area (Å²) in [6.45, 7) is 3.89. The Labute approximate surface area is 149 Å². The lowest BCUT2D eigenvalue weighted by molar-refractivity contribution is -0.122. The van der Waals surface area contributed by atoms with Crippen LogP contribution in [-0.4, -0.2) is 18.1 Å². The molecule has 4 nitrogen and oxygen atoms in total. The van der Waals surface area contributed by atoms with Crippen molar-refractivity contribution in [2.45, 2.75) is 58.1 Å². The number of nitrogens with two attached hydrogens (primary N) is 1. The van der Waals surface area contributed by atoms with E-state index in [1.807, 2.05) is 26.0 Å². The summed E-state index contributed by atoms with van der Waals surface area (Å²) >= 11 is 6.25. The Morgan fingerprint density at radius 1 is 1.29 bits per heavy atom. The molecule has 1 amide bonds. The van der Waals surface area contributed by atoms with E-state index in [2.05, 4.69) is 5.32 Å². The second-order valence-electron chi connectivity index (χ2n) is 7.47. The fourth-order valence-electron chi connectivity index (χ4n) is 4.20. The number of hydrogen-bond acceptors (Lipinski definition) is 3. The molecule has 1 aromatic carbocycles. The van der Waals surface area contributed by atoms with Crippen LogP contribution in [0.15, 0.2) is 18.2 Å². The number of carbonyl (C=O) groups excluding carboxylic acids is 1. The number of carbonyl (C=O) groups is 1. The number of rotatable bonds is 4. The SMILES string of the molecule is CC(C)Oc1c(Cl)cccc1NC(=O)C1CC2CCCC(C1)C2N. The van der Waals surface area contributed by atoms with Gasteiger partial charge >= 0.3 is 0 Å². The Hall–Kier alpha value is -1.26. The van der Waals surface area contributed by atoms with Gasteiger partial charge in [0.1, 0.15) is 0 Å². The highest BCUT2D eigenvalue weighted by Gasteiger charge is 2.40. The lowest BCUT2D eigenvalue weighted by Gasteiger charge is -2.43. The fourth-order valence-corrected chi connectivity index (χ4v) is 4.42. The first-order chi connectivity index (χ1) is 11.5. The molecule has 2 fully saturated rings. The second kappa shape index (κ2) is 7.32. The molecule has 0 radical (unpaired) electrons. The molecule has 0 saturated heterocycles. The van der Waals surface area contributed by atoms with Crippen LogP contribution in [0.4, 0.5) is 5.69 Å². The summed E-state index contributed by atoms with van der Waals surface area (Å²) in [5.74, 6) is 1.62. The van der Waals surface area contributed by atoms with Crippen molar-refractivity contribution in [2.75, 3.05) is 5.32 Å². The van der Waals surface area contributed by atoms with Crippen LogP contribution in [-0.2, 0) is 4.79 Å². The summed E-state index contributed by atoms with van der Waals surface area (Å²) in [5.41, 5.74) is 6.98. The van der Waals surface area contributed by atoms with Crippen molar-refractivity contribution in [3.63, 3.8) is 0 Å². The van der Waals surface area contributed by atoms with Crippen LogP contribution in [0.25, 0.3) is 0 Å². The van der Waals surface area contributed by atoms with Gasteiger partial charge in [0, 0.05) is 12.0 Å². The minimum Gasteiger partial charge on any atom is -0.487 e. The van der Waals surface area contributed by atoms with E-state index < -0.39 is 0 Å². The van der Waals surface area contributed by atoms with Crippen molar-refractivity contribution in [1.29, 1.82) is 0 Å². The van der Waals surface area contributed by atoms with E-state index in [1.165, 1.54) is 6.42 Å². The van der Waals surface area contributed by atoms with Crippen molar-refractivity contribution in [3.05, 3.63) is 23.2 Å². The molecule has 2 unspecified atom stereocenters. The molecule has 132 valence electrons. The average Bonchev–Trinajstić information content (AvgIpc) is 2.50. The Balaban J connectivity index is 1.72. The van der Waals surface area contributed by atoms with Gasteiger partial charge in [0.05, 0.1) is 16.8 Å². The maximum atomic E-state index is 12.8. The van der Waals surface area contributed by atoms with E-state index >= 15 is 0 Å². The molecule has 0 heterocycles. The van der Waals surface area contributed by atoms with Crippen LogP contribution in [0.1, 0.15) is 46.0 Å². The van der Waals surface area contributed by atoms with Crippen molar-refractivity contribution < 1.29 is 9.53 Å². The molecule has 5 heteroatoms. The average molecular weight is 351 g/mol. The van der Waals surface area contributed by atoms with Gasteiger partial charge in [-0.3, -0.25) is 4.79 Å². The smallest absolute Gasteiger partial charge is 0.227 e. The lowest BCUT2D eigenvalue weighted by Crippen LogP contribution is -2.48. The molecular formula is C19H27ClN2O2. The van der Waals surface area contributed by atoms with Gasteiger partial charge in [-0.25, -0.2) is 0 Å². The van der Waals surface area contributed by atoms with Crippen molar-refractivity contribution in [1.82, 2.24) is 0 Å². The molecule has 0 spiro atoms. The summed E-state index contributed by atoms with van der Waals surface area (Å²) in [5, 5.41) is 3.56. The number of nitrogens with one attached hydrogen (secondary N) is 1. The summed E-state index contributed by atoms with van der Waals surface area (Å²) in [7, 11) is 0. The van der Waals surface area contributed by atoms with Crippen molar-refractivity contribution in [2.24, 2.45) is 23.5 Å². The molecule has 24 heavy (non-hydrogen) atoms. The largest absolute Gasteiger partial charge is 0.487 e. The molecule has 0 aromatic heterocycles. The fraction of sp³-hybridized carbons (Fsp3) is 0.632. The molecule has 3 N–H and O–H groups in total. The van der Waals surface area contributed by atoms with E-state index in [0.717, 1.165) is 25.7 Å². The van der Waals surface area contributed by atoms with Gasteiger partial charge in [0.15, 0.2) is 5.75 Å². The monoisotopic (exact) mass is 350 g/mol. The predicted molar refractivity (Wildman–Crippen MR) is 97.4 cm³/mol. The van der Waals surface area contributed by atoms with E-state index in [4.69, 9.17) is 22.1 Å². The van der Waals surface area contributed by atoms with E-state index in [-0.39, 0.29) is 24.0 Å². The Kier molecular flexibility index (Phi) is 5.36. The van der Waals surface area contributed by atoms with Gasteiger partial charge in [0.25, 0.3) is 0 Å². The van der Waals surface area contributed by atoms with Crippen LogP contribution < -0.4 is 15.8 Å². The third-order valence-electron chi connectivity index (χ3n) is 5.36. The van der Waals surface area contributed by atoms with Crippen molar-refractivity contribution >= 4 is 23.2 Å². The number of anilines is 1. The summed E-state index contributed by atoms with van der Waals surface area (Å²) in [6, 6.07) is 5.72. The van der Waals surface area contributed by atoms with Crippen LogP contribution in [0.3, 0.4) is 0 Å². The zero-order chi connectivity index (χ0) is 17.3. The van der Waals surface area contributed by atoms with Crippen molar-refractivity contribution in [3.8, 4) is 5.75 Å². The van der Waals surface area contributed by atoms with Gasteiger partial charge in [0.2, 0.25) is 5.91 Å². The molecule has 2 atom stereocenters. The lowest BCUT2D eigenvalue weighted by atomic mass is 9.65. The number of hydrogen-bond donors (Lipinski definition) is 2. The second-order valence-corrected chi connectivity index (χ2v) is 7.88. The molecule has 3 rings (SSSR count). The van der Waals surface area contributed by atoms with Gasteiger partial charge < -0.3 is 15.8 Å². The van der Waals surface area contributed by atoms with Crippen LogP contribution in [0, 0.1) is 17.8 Å². The van der Waals surface area contributed by atoms with Gasteiger partial charge in [-0.2, -0.15) is 0 Å². The van der Waals surface area contributed by atoms with Gasteiger partial charge in [-0.05, 0) is 63.5 Å². The first-order valence-corrected chi connectivity index (χ1v) is 9.35. The molecule has 2 bridgehead atoms. The maximum Gasteiger partial charge on any atom is 0.227 e. The Morgan fingerprint density at radius 2 is 1.96 bits per heavy atom. The highest BCUT2D eigenvalue weighted by atomic mass is 35.5. The molecule has 2 aliphatic carbocycles. The number of halogens is 1. The molecule has 1 aromatic rings. The minimum atomic E-state index is -0.00686. The highest BCUT2D eigenvalue weighted by Crippen LogP contribution is 2.42. The summed E-state index contributed by atoms with van der Waals surface area (Å²) in [4.78, 5) is 12.8. The van der Waals surface area contributed by atoms with E-state index in [9.17, 15) is 4.79 Å². The zero-order valence-corrected chi connectivity index (χ0v) is 15.2. The van der Waals surface area contributed by atoms with Crippen LogP contribution in [0.2, 0.25) is 5.02 Å². The Morgan fingerprint density at radius 3 is 2.58 bits per heavy atom. The normalized spacial score (nSPS) is 29.4. The molecule has 2 aliphatic rings. The van der Waals surface area contributed by atoms with Crippen LogP contribution in [0.5, 0.6) is 5.75 Å². The first kappa shape index (κ1) is 17.6. The van der Waals surface area contributed by atoms with Gasteiger partial charge in [-0.1, -0.05) is 24.1 Å². The summed E-state index contributed by atoms with van der Waals surface area (Å²) < 4.78 is 5.79. The molecule has 0 aliphatic heterocycles. The third kappa shape index (κ3) is 3.70. The topological polar surface area (TPSA) is 64.3 Å². The first-order valence-electron chi connectivity index (χ1n) is 8.97. The zero-order valence-electron chi connectivity index (χ0n) is 14.4. The quantitative estimate of drug-likeness (QED) is 0.854. The number of amides is 1. The highest BCUT2D eigenvalue weighted by molar-refractivity contribution is 6.32. The Bertz CT molecular complexity index is 591. The van der Waals surface area contributed by atoms with E-state index in [1.54, 1.807) is 6.07 Å². The predicted octanol–water partition coefficient (Wildman–Crippen LogP) is 4.22. The van der Waals surface area contributed by atoms with Gasteiger partial charge in [-0.15, -0.1) is 0 Å².